The molecule has 0 N–H and O–H groups in total. The van der Waals surface area contributed by atoms with Gasteiger partial charge < -0.3 is 4.57 Å². The first-order chi connectivity index (χ1) is 8.15. The van der Waals surface area contributed by atoms with Crippen molar-refractivity contribution in [1.29, 1.82) is 5.26 Å². The van der Waals surface area contributed by atoms with E-state index in [4.69, 9.17) is 16.9 Å². The van der Waals surface area contributed by atoms with Crippen molar-refractivity contribution < 1.29 is 4.39 Å². The number of benzene rings is 1. The summed E-state index contributed by atoms with van der Waals surface area (Å²) in [5.74, 6) is 0.0686. The van der Waals surface area contributed by atoms with Crippen LogP contribution in [0.3, 0.4) is 0 Å². The van der Waals surface area contributed by atoms with Crippen LogP contribution >= 0.6 is 11.6 Å². The largest absolute Gasteiger partial charge is 0.318 e. The summed E-state index contributed by atoms with van der Waals surface area (Å²) in [6.07, 6.45) is 0.112. The van der Waals surface area contributed by atoms with Gasteiger partial charge in [-0.1, -0.05) is 23.7 Å². The number of hydrogen-bond acceptors (Lipinski definition) is 2. The summed E-state index contributed by atoms with van der Waals surface area (Å²) in [5.41, 5.74) is 0.844. The lowest BCUT2D eigenvalue weighted by Gasteiger charge is -2.03. The van der Waals surface area contributed by atoms with Crippen LogP contribution in [0.15, 0.2) is 24.3 Å². The molecule has 0 fully saturated rings. The highest BCUT2D eigenvalue weighted by Crippen LogP contribution is 2.26. The van der Waals surface area contributed by atoms with E-state index in [0.717, 1.165) is 0 Å². The van der Waals surface area contributed by atoms with Crippen molar-refractivity contribution in [3.8, 4) is 17.5 Å². The molecule has 2 aromatic rings. The van der Waals surface area contributed by atoms with Gasteiger partial charge in [0, 0.05) is 7.05 Å². The molecular formula is C12H9ClFN3. The van der Waals surface area contributed by atoms with Crippen molar-refractivity contribution in [2.75, 3.05) is 0 Å². The van der Waals surface area contributed by atoms with Crippen molar-refractivity contribution in [3.05, 3.63) is 40.9 Å². The third-order valence-electron chi connectivity index (χ3n) is 2.45. The minimum Gasteiger partial charge on any atom is -0.318 e. The highest BCUT2D eigenvalue weighted by atomic mass is 35.5. The predicted molar refractivity (Wildman–Crippen MR) is 62.9 cm³/mol. The molecule has 0 aliphatic carbocycles. The molecular weight excluding hydrogens is 241 g/mol. The number of imidazole rings is 1. The molecule has 0 bridgehead atoms. The van der Waals surface area contributed by atoms with Crippen LogP contribution in [0.5, 0.6) is 0 Å². The Bertz CT molecular complexity index is 598. The van der Waals surface area contributed by atoms with E-state index in [0.29, 0.717) is 22.2 Å². The lowest BCUT2D eigenvalue weighted by molar-refractivity contribution is 0.629. The molecule has 0 aliphatic rings. The fourth-order valence-electron chi connectivity index (χ4n) is 1.61. The quantitative estimate of drug-likeness (QED) is 0.821. The molecule has 0 aliphatic heterocycles. The average Bonchev–Trinajstić information content (AvgIpc) is 2.59. The maximum atomic E-state index is 13.6. The lowest BCUT2D eigenvalue weighted by Crippen LogP contribution is -1.94. The van der Waals surface area contributed by atoms with Crippen molar-refractivity contribution in [2.24, 2.45) is 7.05 Å². The second-order valence-electron chi connectivity index (χ2n) is 3.55. The van der Waals surface area contributed by atoms with Crippen molar-refractivity contribution >= 4 is 11.6 Å². The van der Waals surface area contributed by atoms with Crippen LogP contribution in [-0.2, 0) is 13.5 Å². The van der Waals surface area contributed by atoms with E-state index >= 15 is 0 Å². The molecule has 86 valence electrons. The molecule has 5 heteroatoms. The fourth-order valence-corrected chi connectivity index (χ4v) is 1.80. The van der Waals surface area contributed by atoms with Gasteiger partial charge in [0.15, 0.2) is 0 Å². The fraction of sp³-hybridized carbons (Fsp3) is 0.167. The summed E-state index contributed by atoms with van der Waals surface area (Å²) in [6.45, 7) is 0. The van der Waals surface area contributed by atoms with Crippen molar-refractivity contribution in [3.63, 3.8) is 0 Å². The first-order valence-corrected chi connectivity index (χ1v) is 5.36. The van der Waals surface area contributed by atoms with Crippen LogP contribution in [0.2, 0.25) is 5.15 Å². The molecule has 1 aromatic heterocycles. The molecule has 0 spiro atoms. The number of rotatable bonds is 2. The van der Waals surface area contributed by atoms with Crippen LogP contribution in [-0.4, -0.2) is 9.55 Å². The van der Waals surface area contributed by atoms with Crippen LogP contribution in [0.25, 0.3) is 11.4 Å². The molecule has 0 unspecified atom stereocenters. The van der Waals surface area contributed by atoms with Gasteiger partial charge in [-0.15, -0.1) is 0 Å². The van der Waals surface area contributed by atoms with Gasteiger partial charge >= 0.3 is 0 Å². The number of aromatic nitrogens is 2. The van der Waals surface area contributed by atoms with E-state index in [1.165, 1.54) is 6.07 Å². The molecule has 17 heavy (non-hydrogen) atoms. The molecule has 0 atom stereocenters. The van der Waals surface area contributed by atoms with Crippen LogP contribution in [0.1, 0.15) is 5.69 Å². The maximum Gasteiger partial charge on any atom is 0.144 e. The summed E-state index contributed by atoms with van der Waals surface area (Å²) in [6, 6.07) is 8.31. The number of halogens is 2. The van der Waals surface area contributed by atoms with Crippen molar-refractivity contribution in [2.45, 2.75) is 6.42 Å². The summed E-state index contributed by atoms with van der Waals surface area (Å²) < 4.78 is 15.2. The van der Waals surface area contributed by atoms with Gasteiger partial charge in [-0.2, -0.15) is 5.26 Å². The Balaban J connectivity index is 2.58. The van der Waals surface area contributed by atoms with E-state index in [9.17, 15) is 4.39 Å². The Hall–Kier alpha value is -1.86. The zero-order chi connectivity index (χ0) is 12.4. The summed E-state index contributed by atoms with van der Waals surface area (Å²) in [7, 11) is 1.69. The second-order valence-corrected chi connectivity index (χ2v) is 3.90. The highest BCUT2D eigenvalue weighted by Gasteiger charge is 2.16. The maximum absolute atomic E-state index is 13.6. The van der Waals surface area contributed by atoms with Gasteiger partial charge in [0.25, 0.3) is 0 Å². The van der Waals surface area contributed by atoms with Gasteiger partial charge in [-0.3, -0.25) is 0 Å². The summed E-state index contributed by atoms with van der Waals surface area (Å²) >= 11 is 6.02. The SMILES string of the molecule is Cn1c(-c2ccccc2F)nc(CC#N)c1Cl. The standard InChI is InChI=1S/C12H9ClFN3/c1-17-11(13)10(6-7-15)16-12(17)8-4-2-3-5-9(8)14/h2-5H,6H2,1H3. The Morgan fingerprint density at radius 1 is 1.47 bits per heavy atom. The third-order valence-corrected chi connectivity index (χ3v) is 2.92. The Labute approximate surface area is 103 Å². The van der Waals surface area contributed by atoms with E-state index in [1.807, 2.05) is 6.07 Å². The van der Waals surface area contributed by atoms with Gasteiger partial charge in [0.1, 0.15) is 16.8 Å². The normalized spacial score (nSPS) is 10.2. The van der Waals surface area contributed by atoms with Crippen LogP contribution < -0.4 is 0 Å². The topological polar surface area (TPSA) is 41.6 Å². The van der Waals surface area contributed by atoms with Crippen LogP contribution in [0, 0.1) is 17.1 Å². The molecule has 3 nitrogen and oxygen atoms in total. The third kappa shape index (κ3) is 2.02. The summed E-state index contributed by atoms with van der Waals surface area (Å²) in [5, 5.41) is 9.00. The Morgan fingerprint density at radius 3 is 2.82 bits per heavy atom. The number of hydrogen-bond donors (Lipinski definition) is 0. The number of nitrogens with zero attached hydrogens (tertiary/aromatic N) is 3. The van der Waals surface area contributed by atoms with Gasteiger partial charge in [0.05, 0.1) is 23.7 Å². The number of nitriles is 1. The molecule has 0 saturated carbocycles. The minimum absolute atomic E-state index is 0.112. The average molecular weight is 250 g/mol. The molecule has 2 rings (SSSR count). The molecule has 0 saturated heterocycles. The zero-order valence-corrected chi connectivity index (χ0v) is 9.87. The lowest BCUT2D eigenvalue weighted by atomic mass is 10.2. The van der Waals surface area contributed by atoms with Crippen molar-refractivity contribution in [1.82, 2.24) is 9.55 Å². The minimum atomic E-state index is -0.360. The van der Waals surface area contributed by atoms with E-state index in [2.05, 4.69) is 4.98 Å². The van der Waals surface area contributed by atoms with Gasteiger partial charge in [0.2, 0.25) is 0 Å². The second kappa shape index (κ2) is 4.56. The van der Waals surface area contributed by atoms with Gasteiger partial charge in [-0.05, 0) is 12.1 Å². The molecule has 0 radical (unpaired) electrons. The summed E-state index contributed by atoms with van der Waals surface area (Å²) in [4.78, 5) is 4.20. The monoisotopic (exact) mass is 249 g/mol. The molecule has 1 heterocycles. The van der Waals surface area contributed by atoms with E-state index < -0.39 is 0 Å². The Kier molecular flexibility index (Phi) is 3.12. The first kappa shape index (κ1) is 11.6. The predicted octanol–water partition coefficient (Wildman–Crippen LogP) is 2.95. The van der Waals surface area contributed by atoms with E-state index in [-0.39, 0.29) is 12.2 Å². The Morgan fingerprint density at radius 2 is 2.18 bits per heavy atom. The first-order valence-electron chi connectivity index (χ1n) is 4.98. The molecule has 0 amide bonds. The zero-order valence-electron chi connectivity index (χ0n) is 9.11. The van der Waals surface area contributed by atoms with Crippen LogP contribution in [0.4, 0.5) is 4.39 Å². The smallest absolute Gasteiger partial charge is 0.144 e. The van der Waals surface area contributed by atoms with E-state index in [1.54, 1.807) is 29.8 Å². The highest BCUT2D eigenvalue weighted by molar-refractivity contribution is 6.30. The van der Waals surface area contributed by atoms with Gasteiger partial charge in [-0.25, -0.2) is 9.37 Å². The molecule has 1 aromatic carbocycles.